The van der Waals surface area contributed by atoms with Gasteiger partial charge in [-0.2, -0.15) is 0 Å². The van der Waals surface area contributed by atoms with Crippen LogP contribution in [-0.2, 0) is 23.8 Å². The second-order valence-electron chi connectivity index (χ2n) is 13.7. The lowest BCUT2D eigenvalue weighted by molar-refractivity contribution is -0.253. The average Bonchev–Trinajstić information content (AvgIpc) is 3.42. The van der Waals surface area contributed by atoms with E-state index in [0.717, 1.165) is 31.1 Å². The van der Waals surface area contributed by atoms with Crippen LogP contribution in [0, 0.1) is 28.6 Å². The van der Waals surface area contributed by atoms with Crippen molar-refractivity contribution >= 4 is 12.3 Å². The number of aliphatic hydroxyl groups is 4. The third-order valence-electron chi connectivity index (χ3n) is 12.1. The molecule has 9 heteroatoms. The van der Waals surface area contributed by atoms with Crippen molar-refractivity contribution in [2.75, 3.05) is 13.2 Å². The van der Waals surface area contributed by atoms with E-state index in [1.54, 1.807) is 13.0 Å². The van der Waals surface area contributed by atoms with Crippen LogP contribution in [0.25, 0.3) is 0 Å². The highest BCUT2D eigenvalue weighted by atomic mass is 16.6. The van der Waals surface area contributed by atoms with Gasteiger partial charge in [0.2, 0.25) is 0 Å². The fourth-order valence-electron chi connectivity index (χ4n) is 9.95. The Morgan fingerprint density at radius 2 is 1.79 bits per heavy atom. The van der Waals surface area contributed by atoms with E-state index in [0.29, 0.717) is 45.1 Å². The Morgan fingerprint density at radius 1 is 1.03 bits per heavy atom. The Bertz CT molecular complexity index is 1030. The van der Waals surface area contributed by atoms with E-state index in [2.05, 4.69) is 6.92 Å². The van der Waals surface area contributed by atoms with Crippen molar-refractivity contribution in [1.82, 2.24) is 0 Å². The third-order valence-corrected chi connectivity index (χ3v) is 12.1. The number of fused-ring (bicyclic) bond motifs is 5. The van der Waals surface area contributed by atoms with Gasteiger partial charge in [-0.1, -0.05) is 6.92 Å². The summed E-state index contributed by atoms with van der Waals surface area (Å²) in [5, 5.41) is 45.0. The fraction of sp³-hybridized carbons (Fsp3) is 0.867. The molecule has 0 amide bonds. The Hall–Kier alpha value is -1.36. The molecule has 0 aromatic carbocycles. The van der Waals surface area contributed by atoms with Crippen molar-refractivity contribution in [2.45, 2.75) is 120 Å². The molecular formula is C30H44O9. The van der Waals surface area contributed by atoms with E-state index in [9.17, 15) is 30.0 Å². The molecule has 6 aliphatic rings. The fourth-order valence-corrected chi connectivity index (χ4v) is 9.95. The van der Waals surface area contributed by atoms with Crippen molar-refractivity contribution in [3.05, 3.63) is 11.6 Å². The predicted molar refractivity (Wildman–Crippen MR) is 138 cm³/mol. The van der Waals surface area contributed by atoms with Crippen LogP contribution in [0.1, 0.15) is 78.1 Å². The van der Waals surface area contributed by atoms with Crippen LogP contribution in [-0.4, -0.2) is 87.6 Å². The van der Waals surface area contributed by atoms with Gasteiger partial charge in [-0.25, -0.2) is 4.79 Å². The minimum atomic E-state index is -1.23. The van der Waals surface area contributed by atoms with E-state index in [4.69, 9.17) is 14.2 Å². The monoisotopic (exact) mass is 548 g/mol. The molecule has 4 saturated carbocycles. The van der Waals surface area contributed by atoms with Gasteiger partial charge in [-0.15, -0.1) is 0 Å². The number of ether oxygens (including phenoxy) is 3. The lowest BCUT2D eigenvalue weighted by Gasteiger charge is -2.65. The van der Waals surface area contributed by atoms with Crippen LogP contribution in [0.4, 0.5) is 0 Å². The standard InChI is InChI=1S/C30H44O9/c1-17-26(34)24(32)12-20(15-37-17)39-19-3-8-28(16-31)22-4-7-27(2)21(18-11-25(33)38-14-18)6-10-30(27,36)23(22)5-9-29(28,35)13-19/h11,16-17,19-24,26,32,34-36H,3-10,12-15H2,1-2H3. The molecule has 12 atom stereocenters. The molecular weight excluding hydrogens is 504 g/mol. The number of aliphatic hydroxyl groups excluding tert-OH is 2. The molecule has 0 aromatic rings. The van der Waals surface area contributed by atoms with Gasteiger partial charge in [-0.3, -0.25) is 0 Å². The van der Waals surface area contributed by atoms with Crippen molar-refractivity contribution in [1.29, 1.82) is 0 Å². The molecule has 1 saturated heterocycles. The first-order chi connectivity index (χ1) is 18.5. The average molecular weight is 549 g/mol. The SMILES string of the molecule is CC1OCC(OC2CCC3(C=O)C4CCC5(C)C(C6=CC(=O)OC6)CCC5(O)C4CCC3(O)C2)CC(O)C1O. The Balaban J connectivity index is 1.21. The third kappa shape index (κ3) is 4.02. The van der Waals surface area contributed by atoms with Crippen molar-refractivity contribution in [2.24, 2.45) is 28.6 Å². The summed E-state index contributed by atoms with van der Waals surface area (Å²) >= 11 is 0. The molecule has 12 unspecified atom stereocenters. The van der Waals surface area contributed by atoms with Gasteiger partial charge in [0, 0.05) is 24.3 Å². The lowest BCUT2D eigenvalue weighted by atomic mass is 9.41. The highest BCUT2D eigenvalue weighted by molar-refractivity contribution is 5.85. The van der Waals surface area contributed by atoms with E-state index < -0.39 is 46.4 Å². The summed E-state index contributed by atoms with van der Waals surface area (Å²) < 4.78 is 17.2. The number of hydrogen-bond acceptors (Lipinski definition) is 9. The minimum Gasteiger partial charge on any atom is -0.458 e. The predicted octanol–water partition coefficient (Wildman–Crippen LogP) is 1.82. The van der Waals surface area contributed by atoms with Gasteiger partial charge >= 0.3 is 5.97 Å². The molecule has 5 fully saturated rings. The number of carbonyl (C=O) groups is 2. The second-order valence-corrected chi connectivity index (χ2v) is 13.7. The smallest absolute Gasteiger partial charge is 0.331 e. The van der Waals surface area contributed by atoms with Crippen molar-refractivity contribution in [3.63, 3.8) is 0 Å². The molecule has 0 aromatic heterocycles. The maximum absolute atomic E-state index is 13.0. The molecule has 4 aliphatic carbocycles. The second kappa shape index (κ2) is 9.60. The molecule has 2 heterocycles. The van der Waals surface area contributed by atoms with Crippen LogP contribution in [0.5, 0.6) is 0 Å². The zero-order chi connectivity index (χ0) is 27.8. The van der Waals surface area contributed by atoms with Crippen LogP contribution < -0.4 is 0 Å². The van der Waals surface area contributed by atoms with Gasteiger partial charge in [0.25, 0.3) is 0 Å². The van der Waals surface area contributed by atoms with Crippen molar-refractivity contribution in [3.8, 4) is 0 Å². The Morgan fingerprint density at radius 3 is 2.51 bits per heavy atom. The van der Waals surface area contributed by atoms with Gasteiger partial charge in [0.1, 0.15) is 19.0 Å². The molecule has 6 rings (SSSR count). The summed E-state index contributed by atoms with van der Waals surface area (Å²) in [5.41, 5.74) is -2.58. The summed E-state index contributed by atoms with van der Waals surface area (Å²) in [4.78, 5) is 24.8. The summed E-state index contributed by atoms with van der Waals surface area (Å²) in [6, 6.07) is 0. The molecule has 4 N–H and O–H groups in total. The van der Waals surface area contributed by atoms with E-state index in [1.165, 1.54) is 0 Å². The van der Waals surface area contributed by atoms with Crippen molar-refractivity contribution < 1.29 is 44.2 Å². The zero-order valence-corrected chi connectivity index (χ0v) is 23.1. The minimum absolute atomic E-state index is 0.0745. The van der Waals surface area contributed by atoms with Gasteiger partial charge < -0.3 is 39.4 Å². The van der Waals surface area contributed by atoms with E-state index >= 15 is 0 Å². The van der Waals surface area contributed by atoms with Gasteiger partial charge in [-0.05, 0) is 81.6 Å². The van der Waals surface area contributed by atoms with E-state index in [-0.39, 0.29) is 42.9 Å². The summed E-state index contributed by atoms with van der Waals surface area (Å²) in [7, 11) is 0. The number of hydrogen-bond donors (Lipinski definition) is 4. The maximum Gasteiger partial charge on any atom is 0.331 e. The first-order valence-corrected chi connectivity index (χ1v) is 14.9. The summed E-state index contributed by atoms with van der Waals surface area (Å²) in [5.74, 6) is -0.461. The highest BCUT2D eigenvalue weighted by Gasteiger charge is 2.71. The summed E-state index contributed by atoms with van der Waals surface area (Å²) in [6.07, 6.45) is 5.08. The molecule has 2 aliphatic heterocycles. The number of rotatable bonds is 4. The Kier molecular flexibility index (Phi) is 6.84. The quantitative estimate of drug-likeness (QED) is 0.306. The van der Waals surface area contributed by atoms with E-state index in [1.807, 2.05) is 0 Å². The number of cyclic esters (lactones) is 1. The Labute approximate surface area is 229 Å². The zero-order valence-electron chi connectivity index (χ0n) is 23.1. The normalized spacial score (nSPS) is 53.6. The molecule has 9 nitrogen and oxygen atoms in total. The first kappa shape index (κ1) is 27.8. The topological polar surface area (TPSA) is 143 Å². The molecule has 218 valence electrons. The van der Waals surface area contributed by atoms with Gasteiger partial charge in [0.15, 0.2) is 0 Å². The number of aldehydes is 1. The molecule has 39 heavy (non-hydrogen) atoms. The first-order valence-electron chi connectivity index (χ1n) is 14.9. The van der Waals surface area contributed by atoms with Gasteiger partial charge in [0.05, 0.1) is 47.6 Å². The highest BCUT2D eigenvalue weighted by Crippen LogP contribution is 2.70. The van der Waals surface area contributed by atoms with Crippen LogP contribution in [0.15, 0.2) is 11.6 Å². The number of esters is 1. The summed E-state index contributed by atoms with van der Waals surface area (Å²) in [6.45, 7) is 4.42. The largest absolute Gasteiger partial charge is 0.458 e. The lowest BCUT2D eigenvalue weighted by Crippen LogP contribution is -2.69. The molecule has 0 radical (unpaired) electrons. The maximum atomic E-state index is 13.0. The molecule has 0 spiro atoms. The molecule has 0 bridgehead atoms. The van der Waals surface area contributed by atoms with Crippen LogP contribution in [0.2, 0.25) is 0 Å². The number of carbonyl (C=O) groups excluding carboxylic acids is 2. The van der Waals surface area contributed by atoms with Crippen LogP contribution >= 0.6 is 0 Å². The van der Waals surface area contributed by atoms with Crippen LogP contribution in [0.3, 0.4) is 0 Å².